The minimum atomic E-state index is -0.190. The molecule has 0 radical (unpaired) electrons. The summed E-state index contributed by atoms with van der Waals surface area (Å²) in [5, 5.41) is 0.794. The summed E-state index contributed by atoms with van der Waals surface area (Å²) in [5.74, 6) is 1.85. The molecule has 0 atom stereocenters. The van der Waals surface area contributed by atoms with E-state index in [2.05, 4.69) is 24.0 Å². The quantitative estimate of drug-likeness (QED) is 0.330. The molecule has 0 saturated carbocycles. The van der Waals surface area contributed by atoms with Crippen LogP contribution in [0.2, 0.25) is 5.02 Å². The zero-order chi connectivity index (χ0) is 31.4. The van der Waals surface area contributed by atoms with Crippen molar-refractivity contribution in [1.29, 1.82) is 0 Å². The first kappa shape index (κ1) is 33.5. The number of piperazine rings is 1. The number of ether oxygens (including phenoxy) is 2. The van der Waals surface area contributed by atoms with Gasteiger partial charge in [-0.2, -0.15) is 0 Å². The number of methoxy groups -OCH3 is 1. The Hall–Kier alpha value is -4.04. The van der Waals surface area contributed by atoms with Gasteiger partial charge in [-0.25, -0.2) is 4.79 Å². The van der Waals surface area contributed by atoms with Crippen LogP contribution in [0, 0.1) is 6.92 Å². The zero-order valence-electron chi connectivity index (χ0n) is 26.0. The smallest absolute Gasteiger partial charge is 0.326 e. The maximum atomic E-state index is 13.2. The molecular weight excluding hydrogens is 564 g/mol. The van der Waals surface area contributed by atoms with Gasteiger partial charge in [0.05, 0.1) is 25.3 Å². The second-order valence-corrected chi connectivity index (χ2v) is 11.2. The van der Waals surface area contributed by atoms with E-state index in [1.54, 1.807) is 21.8 Å². The summed E-state index contributed by atoms with van der Waals surface area (Å²) in [6.45, 7) is 12.1. The van der Waals surface area contributed by atoms with E-state index in [1.165, 1.54) is 5.56 Å². The predicted octanol–water partition coefficient (Wildman–Crippen LogP) is 6.55. The van der Waals surface area contributed by atoms with Crippen molar-refractivity contribution in [1.82, 2.24) is 14.7 Å². The monoisotopic (exact) mass is 606 g/mol. The number of amidine groups is 1. The van der Waals surface area contributed by atoms with E-state index in [4.69, 9.17) is 21.1 Å². The standard InChI is InChI=1S/C21H30N4O4.C7H8.C6H5Cl/c1-14(2)24-11-10-23(13-19(24)26)21(27)25-9-8-22-20(25)17-7-6-16(28-5)12-18(17)29-15(3)4;1-7-5-3-2-4-6-7;7-6-4-2-1-3-5-6/h6-7,12,14-15H,8-11,13H2,1-5H3;2-6H,1H3;1-5H. The van der Waals surface area contributed by atoms with E-state index in [9.17, 15) is 9.59 Å². The molecule has 3 amide bonds. The second kappa shape index (κ2) is 16.6. The molecule has 2 aliphatic rings. The molecule has 0 aliphatic carbocycles. The lowest BCUT2D eigenvalue weighted by Gasteiger charge is -2.38. The summed E-state index contributed by atoms with van der Waals surface area (Å²) in [5.41, 5.74) is 2.07. The third kappa shape index (κ3) is 10.0. The van der Waals surface area contributed by atoms with Crippen molar-refractivity contribution >= 4 is 29.4 Å². The molecule has 0 spiro atoms. The van der Waals surface area contributed by atoms with Crippen molar-refractivity contribution < 1.29 is 19.1 Å². The number of carbonyl (C=O) groups excluding carboxylic acids is 2. The van der Waals surface area contributed by atoms with Gasteiger partial charge < -0.3 is 19.3 Å². The summed E-state index contributed by atoms with van der Waals surface area (Å²) >= 11 is 5.54. The number of hydrogen-bond donors (Lipinski definition) is 0. The largest absolute Gasteiger partial charge is 0.497 e. The third-order valence-corrected chi connectivity index (χ3v) is 6.94. The van der Waals surface area contributed by atoms with Crippen LogP contribution < -0.4 is 9.47 Å². The van der Waals surface area contributed by atoms with Gasteiger partial charge >= 0.3 is 6.03 Å². The van der Waals surface area contributed by atoms with Crippen LogP contribution in [0.4, 0.5) is 4.79 Å². The summed E-state index contributed by atoms with van der Waals surface area (Å²) in [6.07, 6.45) is -0.0336. The van der Waals surface area contributed by atoms with E-state index >= 15 is 0 Å². The van der Waals surface area contributed by atoms with Gasteiger partial charge in [-0.15, -0.1) is 0 Å². The number of halogens is 1. The molecule has 43 heavy (non-hydrogen) atoms. The summed E-state index contributed by atoms with van der Waals surface area (Å²) in [7, 11) is 1.60. The van der Waals surface area contributed by atoms with Crippen molar-refractivity contribution in [3.8, 4) is 11.5 Å². The van der Waals surface area contributed by atoms with E-state index in [-0.39, 0.29) is 30.6 Å². The molecule has 3 aromatic carbocycles. The Labute approximate surface area is 260 Å². The highest BCUT2D eigenvalue weighted by molar-refractivity contribution is 6.30. The summed E-state index contributed by atoms with van der Waals surface area (Å²) in [6, 6.07) is 25.2. The average molecular weight is 607 g/mol. The van der Waals surface area contributed by atoms with Crippen molar-refractivity contribution in [2.75, 3.05) is 39.8 Å². The van der Waals surface area contributed by atoms with Crippen LogP contribution in [0.3, 0.4) is 0 Å². The van der Waals surface area contributed by atoms with Crippen LogP contribution in [-0.4, -0.2) is 84.5 Å². The lowest BCUT2D eigenvalue weighted by molar-refractivity contribution is -0.136. The molecule has 2 heterocycles. The second-order valence-electron chi connectivity index (χ2n) is 10.7. The molecule has 230 valence electrons. The van der Waals surface area contributed by atoms with Gasteiger partial charge in [0.2, 0.25) is 5.91 Å². The molecule has 3 aromatic rings. The SMILES string of the molecule is COc1ccc(C2=NCCN2C(=O)N2CCN(C(C)C)C(=O)C2)c(OC(C)C)c1.Cc1ccccc1.Clc1ccccc1. The third-order valence-electron chi connectivity index (χ3n) is 6.69. The van der Waals surface area contributed by atoms with Crippen LogP contribution in [0.1, 0.15) is 38.8 Å². The van der Waals surface area contributed by atoms with Gasteiger partial charge in [0, 0.05) is 36.8 Å². The van der Waals surface area contributed by atoms with Gasteiger partial charge in [-0.3, -0.25) is 14.7 Å². The van der Waals surface area contributed by atoms with Crippen LogP contribution in [0.5, 0.6) is 11.5 Å². The van der Waals surface area contributed by atoms with Gasteiger partial charge in [0.15, 0.2) is 0 Å². The van der Waals surface area contributed by atoms with Crippen LogP contribution in [0.15, 0.2) is 83.9 Å². The minimum absolute atomic E-state index is 0.0226. The lowest BCUT2D eigenvalue weighted by Crippen LogP contribution is -2.57. The van der Waals surface area contributed by atoms with Crippen molar-refractivity contribution in [3.05, 3.63) is 95.0 Å². The number of benzene rings is 3. The Bertz CT molecular complexity index is 1310. The highest BCUT2D eigenvalue weighted by Gasteiger charge is 2.35. The molecule has 0 aromatic heterocycles. The molecular formula is C34H43ClN4O4. The molecule has 5 rings (SSSR count). The van der Waals surface area contributed by atoms with Gasteiger partial charge in [0.25, 0.3) is 0 Å². The average Bonchev–Trinajstić information content (AvgIpc) is 3.47. The van der Waals surface area contributed by atoms with Crippen molar-refractivity contribution in [3.63, 3.8) is 0 Å². The predicted molar refractivity (Wildman–Crippen MR) is 173 cm³/mol. The number of carbonyl (C=O) groups is 2. The number of aryl methyl sites for hydroxylation is 1. The molecule has 1 saturated heterocycles. The highest BCUT2D eigenvalue weighted by Crippen LogP contribution is 2.29. The molecule has 1 fully saturated rings. The number of amides is 3. The number of rotatable bonds is 5. The molecule has 0 unspecified atom stereocenters. The van der Waals surface area contributed by atoms with Gasteiger partial charge in [-0.1, -0.05) is 65.7 Å². The molecule has 9 heteroatoms. The van der Waals surface area contributed by atoms with Crippen molar-refractivity contribution in [2.45, 2.75) is 46.8 Å². The highest BCUT2D eigenvalue weighted by atomic mass is 35.5. The Kier molecular flexibility index (Phi) is 12.9. The number of nitrogens with zero attached hydrogens (tertiary/aromatic N) is 4. The van der Waals surface area contributed by atoms with E-state index in [1.807, 2.05) is 94.4 Å². The Morgan fingerprint density at radius 3 is 2.05 bits per heavy atom. The topological polar surface area (TPSA) is 74.7 Å². The Morgan fingerprint density at radius 1 is 0.907 bits per heavy atom. The molecule has 2 aliphatic heterocycles. The maximum Gasteiger partial charge on any atom is 0.326 e. The Morgan fingerprint density at radius 2 is 1.56 bits per heavy atom. The summed E-state index contributed by atoms with van der Waals surface area (Å²) < 4.78 is 11.3. The fourth-order valence-electron chi connectivity index (χ4n) is 4.55. The van der Waals surface area contributed by atoms with Crippen LogP contribution in [0.25, 0.3) is 0 Å². The molecule has 0 bridgehead atoms. The van der Waals surface area contributed by atoms with Crippen LogP contribution in [-0.2, 0) is 4.79 Å². The Balaban J connectivity index is 0.000000293. The number of aliphatic imine (C=N–C) groups is 1. The first-order valence-electron chi connectivity index (χ1n) is 14.6. The molecule has 8 nitrogen and oxygen atoms in total. The minimum Gasteiger partial charge on any atom is -0.497 e. The summed E-state index contributed by atoms with van der Waals surface area (Å²) in [4.78, 5) is 35.2. The fraction of sp³-hybridized carbons (Fsp3) is 0.382. The van der Waals surface area contributed by atoms with Crippen LogP contribution >= 0.6 is 11.6 Å². The van der Waals surface area contributed by atoms with E-state index < -0.39 is 0 Å². The first-order valence-corrected chi connectivity index (χ1v) is 15.0. The van der Waals surface area contributed by atoms with E-state index in [0.29, 0.717) is 43.5 Å². The number of urea groups is 1. The zero-order valence-corrected chi connectivity index (χ0v) is 26.8. The van der Waals surface area contributed by atoms with Gasteiger partial charge in [0.1, 0.15) is 23.9 Å². The van der Waals surface area contributed by atoms with Gasteiger partial charge in [-0.05, 0) is 58.9 Å². The van der Waals surface area contributed by atoms with Crippen molar-refractivity contribution in [2.24, 2.45) is 4.99 Å². The lowest BCUT2D eigenvalue weighted by atomic mass is 10.1. The normalized spacial score (nSPS) is 14.5. The van der Waals surface area contributed by atoms with E-state index in [0.717, 1.165) is 10.6 Å². The number of hydrogen-bond acceptors (Lipinski definition) is 5. The maximum absolute atomic E-state index is 13.2. The fourth-order valence-corrected chi connectivity index (χ4v) is 4.69. The molecule has 0 N–H and O–H groups in total. The first-order chi connectivity index (χ1) is 20.6.